The fraction of sp³-hybridized carbons (Fsp3) is 0.188. The van der Waals surface area contributed by atoms with Crippen LogP contribution in [-0.2, 0) is 0 Å². The number of nitrogens with zero attached hydrogens (tertiary/aromatic N) is 1. The summed E-state index contributed by atoms with van der Waals surface area (Å²) in [6.45, 7) is 2.22. The van der Waals surface area contributed by atoms with Crippen LogP contribution in [0.25, 0.3) is 0 Å². The van der Waals surface area contributed by atoms with E-state index < -0.39 is 0 Å². The van der Waals surface area contributed by atoms with Crippen LogP contribution < -0.4 is 4.90 Å². The van der Waals surface area contributed by atoms with Gasteiger partial charge in [0.25, 0.3) is 5.91 Å². The van der Waals surface area contributed by atoms with Gasteiger partial charge in [0.15, 0.2) is 0 Å². The molecule has 1 N–H and O–H groups in total. The highest BCUT2D eigenvalue weighted by molar-refractivity contribution is 6.06. The third-order valence-corrected chi connectivity index (χ3v) is 2.94. The third-order valence-electron chi connectivity index (χ3n) is 2.94. The molecule has 0 spiro atoms. The molecule has 0 aliphatic heterocycles. The summed E-state index contributed by atoms with van der Waals surface area (Å²) in [5.74, 6) is -0.0986. The van der Waals surface area contributed by atoms with Crippen molar-refractivity contribution in [3.05, 3.63) is 65.7 Å². The van der Waals surface area contributed by atoms with E-state index >= 15 is 0 Å². The predicted molar refractivity (Wildman–Crippen MR) is 76.4 cm³/mol. The molecule has 0 unspecified atom stereocenters. The van der Waals surface area contributed by atoms with E-state index in [0.29, 0.717) is 5.56 Å². The number of hydrogen-bond donors (Lipinski definition) is 1. The van der Waals surface area contributed by atoms with Crippen LogP contribution in [0.15, 0.2) is 54.6 Å². The number of amides is 1. The molecule has 98 valence electrons. The largest absolute Gasteiger partial charge is 0.395 e. The Morgan fingerprint density at radius 2 is 1.68 bits per heavy atom. The molecule has 0 bridgehead atoms. The summed E-state index contributed by atoms with van der Waals surface area (Å²) < 4.78 is 0. The Hall–Kier alpha value is -2.13. The lowest BCUT2D eigenvalue weighted by Gasteiger charge is -2.22. The zero-order valence-electron chi connectivity index (χ0n) is 10.9. The van der Waals surface area contributed by atoms with Gasteiger partial charge in [0, 0.05) is 17.8 Å². The maximum atomic E-state index is 12.4. The first-order valence-corrected chi connectivity index (χ1v) is 6.27. The van der Waals surface area contributed by atoms with Crippen molar-refractivity contribution in [2.75, 3.05) is 18.1 Å². The summed E-state index contributed by atoms with van der Waals surface area (Å²) >= 11 is 0. The maximum absolute atomic E-state index is 12.4. The summed E-state index contributed by atoms with van der Waals surface area (Å²) in [5, 5.41) is 9.15. The Balaban J connectivity index is 2.30. The molecule has 1 amide bonds. The van der Waals surface area contributed by atoms with Gasteiger partial charge in [-0.3, -0.25) is 4.79 Å². The monoisotopic (exact) mass is 255 g/mol. The second-order valence-corrected chi connectivity index (χ2v) is 4.38. The van der Waals surface area contributed by atoms with Crippen molar-refractivity contribution in [1.29, 1.82) is 0 Å². The standard InChI is InChI=1S/C16H17NO2/c1-13-7-9-15(10-8-13)17(11-12-18)16(19)14-5-3-2-4-6-14/h2-10,18H,11-12H2,1H3. The van der Waals surface area contributed by atoms with E-state index in [4.69, 9.17) is 5.11 Å². The second-order valence-electron chi connectivity index (χ2n) is 4.38. The van der Waals surface area contributed by atoms with E-state index in [0.717, 1.165) is 11.3 Å². The number of aliphatic hydroxyl groups excluding tert-OH is 1. The van der Waals surface area contributed by atoms with Crippen LogP contribution in [-0.4, -0.2) is 24.2 Å². The van der Waals surface area contributed by atoms with Crippen molar-refractivity contribution >= 4 is 11.6 Å². The van der Waals surface area contributed by atoms with E-state index in [1.165, 1.54) is 0 Å². The molecule has 19 heavy (non-hydrogen) atoms. The van der Waals surface area contributed by atoms with Gasteiger partial charge < -0.3 is 10.0 Å². The Labute approximate surface area is 113 Å². The van der Waals surface area contributed by atoms with Gasteiger partial charge in [-0.1, -0.05) is 35.9 Å². The van der Waals surface area contributed by atoms with E-state index in [2.05, 4.69) is 0 Å². The lowest BCUT2D eigenvalue weighted by Crippen LogP contribution is -2.33. The lowest BCUT2D eigenvalue weighted by atomic mass is 10.1. The fourth-order valence-corrected chi connectivity index (χ4v) is 1.91. The van der Waals surface area contributed by atoms with Crippen molar-refractivity contribution in [1.82, 2.24) is 0 Å². The van der Waals surface area contributed by atoms with Gasteiger partial charge in [0.2, 0.25) is 0 Å². The van der Waals surface area contributed by atoms with E-state index in [1.807, 2.05) is 49.4 Å². The predicted octanol–water partition coefficient (Wildman–Crippen LogP) is 2.63. The molecule has 0 atom stereocenters. The number of rotatable bonds is 4. The van der Waals surface area contributed by atoms with Crippen molar-refractivity contribution < 1.29 is 9.90 Å². The number of aryl methyl sites for hydroxylation is 1. The highest BCUT2D eigenvalue weighted by Gasteiger charge is 2.16. The van der Waals surface area contributed by atoms with Crippen molar-refractivity contribution in [2.45, 2.75) is 6.92 Å². The molecule has 3 heteroatoms. The summed E-state index contributed by atoms with van der Waals surface area (Å²) in [6, 6.07) is 16.8. The van der Waals surface area contributed by atoms with Gasteiger partial charge in [0.1, 0.15) is 0 Å². The smallest absolute Gasteiger partial charge is 0.258 e. The lowest BCUT2D eigenvalue weighted by molar-refractivity contribution is 0.0981. The molecule has 0 radical (unpaired) electrons. The number of aliphatic hydroxyl groups is 1. The first kappa shape index (κ1) is 13.3. The molecule has 2 rings (SSSR count). The van der Waals surface area contributed by atoms with Crippen LogP contribution >= 0.6 is 0 Å². The average molecular weight is 255 g/mol. The van der Waals surface area contributed by atoms with Crippen molar-refractivity contribution in [3.8, 4) is 0 Å². The first-order chi connectivity index (χ1) is 9.22. The highest BCUT2D eigenvalue weighted by Crippen LogP contribution is 2.17. The number of carbonyl (C=O) groups is 1. The normalized spacial score (nSPS) is 10.2. The zero-order valence-corrected chi connectivity index (χ0v) is 10.9. The Morgan fingerprint density at radius 3 is 2.26 bits per heavy atom. The van der Waals surface area contributed by atoms with Gasteiger partial charge >= 0.3 is 0 Å². The Kier molecular flexibility index (Phi) is 4.31. The molecule has 2 aromatic carbocycles. The quantitative estimate of drug-likeness (QED) is 0.912. The molecular formula is C16H17NO2. The molecular weight excluding hydrogens is 238 g/mol. The number of benzene rings is 2. The van der Waals surface area contributed by atoms with Crippen LogP contribution in [0.2, 0.25) is 0 Å². The van der Waals surface area contributed by atoms with Crippen LogP contribution in [0.4, 0.5) is 5.69 Å². The van der Waals surface area contributed by atoms with Gasteiger partial charge in [-0.2, -0.15) is 0 Å². The molecule has 2 aromatic rings. The molecule has 0 saturated carbocycles. The summed E-state index contributed by atoms with van der Waals surface area (Å²) in [5.41, 5.74) is 2.56. The summed E-state index contributed by atoms with van der Waals surface area (Å²) in [7, 11) is 0. The van der Waals surface area contributed by atoms with Gasteiger partial charge in [-0.05, 0) is 31.2 Å². The van der Waals surface area contributed by atoms with Gasteiger partial charge in [-0.15, -0.1) is 0 Å². The molecule has 3 nitrogen and oxygen atoms in total. The van der Waals surface area contributed by atoms with E-state index in [1.54, 1.807) is 17.0 Å². The van der Waals surface area contributed by atoms with E-state index in [9.17, 15) is 4.79 Å². The van der Waals surface area contributed by atoms with Crippen LogP contribution in [0.1, 0.15) is 15.9 Å². The fourth-order valence-electron chi connectivity index (χ4n) is 1.91. The van der Waals surface area contributed by atoms with E-state index in [-0.39, 0.29) is 19.1 Å². The second kappa shape index (κ2) is 6.16. The molecule has 0 saturated heterocycles. The minimum absolute atomic E-state index is 0.0630. The van der Waals surface area contributed by atoms with Crippen LogP contribution in [0, 0.1) is 6.92 Å². The number of carbonyl (C=O) groups excluding carboxylic acids is 1. The maximum Gasteiger partial charge on any atom is 0.258 e. The first-order valence-electron chi connectivity index (χ1n) is 6.27. The Bertz CT molecular complexity index is 534. The van der Waals surface area contributed by atoms with Crippen molar-refractivity contribution in [3.63, 3.8) is 0 Å². The third kappa shape index (κ3) is 3.20. The molecule has 0 fully saturated rings. The Morgan fingerprint density at radius 1 is 1.05 bits per heavy atom. The zero-order chi connectivity index (χ0) is 13.7. The summed E-state index contributed by atoms with van der Waals surface area (Å²) in [6.07, 6.45) is 0. The van der Waals surface area contributed by atoms with Crippen LogP contribution in [0.3, 0.4) is 0 Å². The number of hydrogen-bond acceptors (Lipinski definition) is 2. The number of anilines is 1. The van der Waals surface area contributed by atoms with Gasteiger partial charge in [0.05, 0.1) is 6.61 Å². The summed E-state index contributed by atoms with van der Waals surface area (Å²) in [4.78, 5) is 14.0. The average Bonchev–Trinajstić information content (AvgIpc) is 2.46. The van der Waals surface area contributed by atoms with Crippen molar-refractivity contribution in [2.24, 2.45) is 0 Å². The molecule has 0 aromatic heterocycles. The molecule has 0 heterocycles. The molecule has 0 aliphatic rings. The SMILES string of the molecule is Cc1ccc(N(CCO)C(=O)c2ccccc2)cc1. The highest BCUT2D eigenvalue weighted by atomic mass is 16.3. The minimum atomic E-state index is -0.0986. The topological polar surface area (TPSA) is 40.5 Å². The van der Waals surface area contributed by atoms with Gasteiger partial charge in [-0.25, -0.2) is 0 Å². The minimum Gasteiger partial charge on any atom is -0.395 e. The molecule has 0 aliphatic carbocycles. The van der Waals surface area contributed by atoms with Crippen LogP contribution in [0.5, 0.6) is 0 Å².